The van der Waals surface area contributed by atoms with E-state index in [1.807, 2.05) is 19.9 Å². The van der Waals surface area contributed by atoms with Crippen molar-refractivity contribution in [3.8, 4) is 0 Å². The number of amides is 2. The topological polar surface area (TPSA) is 107 Å². The summed E-state index contributed by atoms with van der Waals surface area (Å²) in [5.74, 6) is -0.798. The van der Waals surface area contributed by atoms with Crippen molar-refractivity contribution in [2.24, 2.45) is 5.73 Å². The van der Waals surface area contributed by atoms with E-state index in [1.54, 1.807) is 6.26 Å². The van der Waals surface area contributed by atoms with Crippen LogP contribution >= 0.6 is 0 Å². The summed E-state index contributed by atoms with van der Waals surface area (Å²) in [6.45, 7) is 10.5. The molecule has 0 bridgehead atoms. The van der Waals surface area contributed by atoms with E-state index in [-0.39, 0.29) is 17.7 Å². The predicted molar refractivity (Wildman–Crippen MR) is 118 cm³/mol. The number of carbonyl (C=O) groups excluding carboxylic acids is 2. The zero-order chi connectivity index (χ0) is 22.7. The Balaban J connectivity index is 1.84. The third-order valence-electron chi connectivity index (χ3n) is 6.38. The van der Waals surface area contributed by atoms with Gasteiger partial charge in [0.25, 0.3) is 0 Å². The van der Waals surface area contributed by atoms with Gasteiger partial charge >= 0.3 is 5.63 Å². The molecule has 0 radical (unpaired) electrons. The van der Waals surface area contributed by atoms with Gasteiger partial charge in [-0.15, -0.1) is 0 Å². The maximum atomic E-state index is 12.9. The molecule has 1 aliphatic heterocycles. The van der Waals surface area contributed by atoms with Crippen LogP contribution < -0.4 is 11.4 Å². The third kappa shape index (κ3) is 3.42. The van der Waals surface area contributed by atoms with Gasteiger partial charge < -0.3 is 19.5 Å². The van der Waals surface area contributed by atoms with Gasteiger partial charge in [0.05, 0.1) is 18.2 Å². The molecule has 0 unspecified atom stereocenters. The van der Waals surface area contributed by atoms with Crippen molar-refractivity contribution in [1.29, 1.82) is 0 Å². The van der Waals surface area contributed by atoms with Gasteiger partial charge in [-0.1, -0.05) is 20.8 Å². The second-order valence-electron chi connectivity index (χ2n) is 9.47. The summed E-state index contributed by atoms with van der Waals surface area (Å²) in [6.07, 6.45) is 2.91. The van der Waals surface area contributed by atoms with E-state index in [4.69, 9.17) is 14.6 Å². The molecule has 2 amide bonds. The number of aryl methyl sites for hydroxylation is 2. The molecule has 7 nitrogen and oxygen atoms in total. The molecular formula is C24H28N2O5. The second kappa shape index (κ2) is 7.25. The molecule has 1 aliphatic rings. The molecule has 0 aliphatic carbocycles. The molecule has 0 spiro atoms. The summed E-state index contributed by atoms with van der Waals surface area (Å²) in [5, 5.41) is 1.76. The fourth-order valence-electron chi connectivity index (χ4n) is 4.60. The Hall–Kier alpha value is -3.09. The van der Waals surface area contributed by atoms with E-state index in [1.165, 1.54) is 4.90 Å². The molecule has 2 N–H and O–H groups in total. The van der Waals surface area contributed by atoms with Crippen molar-refractivity contribution in [3.63, 3.8) is 0 Å². The van der Waals surface area contributed by atoms with Crippen LogP contribution in [0.15, 0.2) is 26.0 Å². The Kier molecular flexibility index (Phi) is 4.95. The first kappa shape index (κ1) is 21.2. The second-order valence-corrected chi connectivity index (χ2v) is 9.47. The van der Waals surface area contributed by atoms with E-state index < -0.39 is 17.6 Å². The maximum Gasteiger partial charge on any atom is 0.340 e. The number of hydrogen-bond donors (Lipinski definition) is 1. The van der Waals surface area contributed by atoms with E-state index in [2.05, 4.69) is 20.8 Å². The molecule has 0 saturated carbocycles. The van der Waals surface area contributed by atoms with E-state index in [9.17, 15) is 14.4 Å². The van der Waals surface area contributed by atoms with Crippen LogP contribution in [-0.4, -0.2) is 29.3 Å². The van der Waals surface area contributed by atoms with Gasteiger partial charge in [0, 0.05) is 28.4 Å². The summed E-state index contributed by atoms with van der Waals surface area (Å²) in [7, 11) is 0. The van der Waals surface area contributed by atoms with E-state index in [0.717, 1.165) is 28.3 Å². The number of hydrogen-bond acceptors (Lipinski definition) is 5. The number of primary amides is 1. The van der Waals surface area contributed by atoms with Crippen LogP contribution in [0.25, 0.3) is 21.9 Å². The van der Waals surface area contributed by atoms with Gasteiger partial charge in [-0.3, -0.25) is 9.59 Å². The Bertz CT molecular complexity index is 1280. The molecule has 1 fully saturated rings. The number of furan rings is 1. The number of benzene rings is 1. The Morgan fingerprint density at radius 1 is 1.16 bits per heavy atom. The lowest BCUT2D eigenvalue weighted by atomic mass is 9.86. The fraction of sp³-hybridized carbons (Fsp3) is 0.458. The quantitative estimate of drug-likeness (QED) is 0.648. The molecule has 1 saturated heterocycles. The number of nitrogens with two attached hydrogens (primary N) is 1. The molecule has 4 rings (SSSR count). The molecular weight excluding hydrogens is 396 g/mol. The van der Waals surface area contributed by atoms with E-state index in [0.29, 0.717) is 35.3 Å². The van der Waals surface area contributed by atoms with Gasteiger partial charge in [-0.2, -0.15) is 0 Å². The van der Waals surface area contributed by atoms with Crippen molar-refractivity contribution >= 4 is 33.8 Å². The molecule has 3 aromatic rings. The minimum Gasteiger partial charge on any atom is -0.464 e. The van der Waals surface area contributed by atoms with E-state index >= 15 is 0 Å². The summed E-state index contributed by atoms with van der Waals surface area (Å²) < 4.78 is 11.5. The van der Waals surface area contributed by atoms with Crippen molar-refractivity contribution in [2.45, 2.75) is 65.3 Å². The average Bonchev–Trinajstić information content (AvgIpc) is 3.33. The van der Waals surface area contributed by atoms with Crippen LogP contribution in [-0.2, 0) is 21.4 Å². The summed E-state index contributed by atoms with van der Waals surface area (Å²) in [5.41, 5.74) is 8.79. The smallest absolute Gasteiger partial charge is 0.340 e. The van der Waals surface area contributed by atoms with Crippen molar-refractivity contribution in [3.05, 3.63) is 45.0 Å². The SMILES string of the molecule is Cc1c(CC(=O)N2CCC[C@H]2C(N)=O)c(=O)oc2c(C)c3occ(C(C)(C)C)c3cc12. The molecule has 164 valence electrons. The number of likely N-dealkylation sites (tertiary alicyclic amines) is 1. The lowest BCUT2D eigenvalue weighted by molar-refractivity contribution is -0.136. The van der Waals surface area contributed by atoms with Crippen LogP contribution in [0.2, 0.25) is 0 Å². The van der Waals surface area contributed by atoms with Gasteiger partial charge in [0.1, 0.15) is 17.2 Å². The molecule has 1 atom stereocenters. The fourth-order valence-corrected chi connectivity index (χ4v) is 4.60. The van der Waals surface area contributed by atoms with Crippen LogP contribution in [0.3, 0.4) is 0 Å². The van der Waals surface area contributed by atoms with Gasteiger partial charge in [-0.05, 0) is 43.7 Å². The summed E-state index contributed by atoms with van der Waals surface area (Å²) >= 11 is 0. The molecule has 1 aromatic carbocycles. The molecule has 3 heterocycles. The van der Waals surface area contributed by atoms with Crippen molar-refractivity contribution < 1.29 is 18.4 Å². The number of rotatable bonds is 3. The molecule has 7 heteroatoms. The standard InChI is InChI=1S/C24H28N2O5/c1-12-14-9-16-17(24(3,4)5)11-30-20(16)13(2)21(14)31-23(29)15(12)10-19(27)26-8-6-7-18(26)22(25)28/h9,11,18H,6-8,10H2,1-5H3,(H2,25,28)/t18-/m0/s1. The highest BCUT2D eigenvalue weighted by Crippen LogP contribution is 2.37. The van der Waals surface area contributed by atoms with Crippen LogP contribution in [0, 0.1) is 13.8 Å². The lowest BCUT2D eigenvalue weighted by Crippen LogP contribution is -2.44. The number of nitrogens with zero attached hydrogens (tertiary/aromatic N) is 1. The monoisotopic (exact) mass is 424 g/mol. The highest BCUT2D eigenvalue weighted by Gasteiger charge is 2.33. The van der Waals surface area contributed by atoms with Crippen LogP contribution in [0.4, 0.5) is 0 Å². The number of carbonyl (C=O) groups is 2. The minimum atomic E-state index is -0.609. The van der Waals surface area contributed by atoms with Gasteiger partial charge in [-0.25, -0.2) is 4.79 Å². The van der Waals surface area contributed by atoms with Crippen molar-refractivity contribution in [2.75, 3.05) is 6.54 Å². The lowest BCUT2D eigenvalue weighted by Gasteiger charge is -2.22. The Morgan fingerprint density at radius 3 is 2.52 bits per heavy atom. The van der Waals surface area contributed by atoms with Crippen molar-refractivity contribution in [1.82, 2.24) is 4.90 Å². The Morgan fingerprint density at radius 2 is 1.87 bits per heavy atom. The minimum absolute atomic E-state index is 0.118. The zero-order valence-corrected chi connectivity index (χ0v) is 18.6. The molecule has 31 heavy (non-hydrogen) atoms. The van der Waals surface area contributed by atoms with Gasteiger partial charge in [0.2, 0.25) is 11.8 Å². The highest BCUT2D eigenvalue weighted by atomic mass is 16.4. The molecule has 2 aromatic heterocycles. The first-order valence-corrected chi connectivity index (χ1v) is 10.6. The van der Waals surface area contributed by atoms with Crippen LogP contribution in [0.1, 0.15) is 55.9 Å². The third-order valence-corrected chi connectivity index (χ3v) is 6.38. The average molecular weight is 424 g/mol. The number of fused-ring (bicyclic) bond motifs is 2. The van der Waals surface area contributed by atoms with Crippen LogP contribution in [0.5, 0.6) is 0 Å². The normalized spacial score (nSPS) is 17.1. The maximum absolute atomic E-state index is 12.9. The summed E-state index contributed by atoms with van der Waals surface area (Å²) in [6, 6.07) is 1.37. The van der Waals surface area contributed by atoms with Gasteiger partial charge in [0.15, 0.2) is 0 Å². The predicted octanol–water partition coefficient (Wildman–Crippen LogP) is 3.47. The largest absolute Gasteiger partial charge is 0.464 e. The Labute approximate surface area is 180 Å². The first-order chi connectivity index (χ1) is 14.5. The highest BCUT2D eigenvalue weighted by molar-refractivity contribution is 6.00. The first-order valence-electron chi connectivity index (χ1n) is 10.6. The zero-order valence-electron chi connectivity index (χ0n) is 18.6. The summed E-state index contributed by atoms with van der Waals surface area (Å²) in [4.78, 5) is 38.9.